The molecule has 1 amide bonds. The van der Waals surface area contributed by atoms with E-state index < -0.39 is 39.1 Å². The molecule has 10 heteroatoms. The van der Waals surface area contributed by atoms with Gasteiger partial charge in [-0.05, 0) is 104 Å². The molecule has 4 saturated carbocycles. The van der Waals surface area contributed by atoms with Gasteiger partial charge < -0.3 is 15.2 Å². The lowest BCUT2D eigenvalue weighted by Gasteiger charge is -2.71. The third-order valence-electron chi connectivity index (χ3n) is 14.5. The summed E-state index contributed by atoms with van der Waals surface area (Å²) in [4.78, 5) is 37.9. The minimum atomic E-state index is -4.16. The highest BCUT2D eigenvalue weighted by molar-refractivity contribution is 7.85. The lowest BCUT2D eigenvalue weighted by atomic mass is 9.33. The summed E-state index contributed by atoms with van der Waals surface area (Å²) < 4.78 is 36.6. The van der Waals surface area contributed by atoms with Gasteiger partial charge in [-0.25, -0.2) is 0 Å². The number of amides is 1. The second-order valence-electron chi connectivity index (χ2n) is 17.7. The van der Waals surface area contributed by atoms with Crippen LogP contribution in [0.25, 0.3) is 0 Å². The third-order valence-corrected chi connectivity index (χ3v) is 15.2. The molecule has 0 radical (unpaired) electrons. The van der Waals surface area contributed by atoms with Gasteiger partial charge in [0.2, 0.25) is 5.91 Å². The summed E-state index contributed by atoms with van der Waals surface area (Å²) in [5.74, 6) is -1.17. The van der Waals surface area contributed by atoms with Crippen molar-refractivity contribution in [2.45, 2.75) is 132 Å². The molecule has 5 aliphatic rings. The van der Waals surface area contributed by atoms with Gasteiger partial charge in [-0.2, -0.15) is 8.42 Å². The van der Waals surface area contributed by atoms with Gasteiger partial charge in [0.1, 0.15) is 6.10 Å². The summed E-state index contributed by atoms with van der Waals surface area (Å²) >= 11 is 0. The predicted molar refractivity (Wildman–Crippen MR) is 175 cm³/mol. The van der Waals surface area contributed by atoms with Crippen molar-refractivity contribution in [3.63, 3.8) is 0 Å². The Bertz CT molecular complexity index is 1400. The van der Waals surface area contributed by atoms with Crippen LogP contribution in [0.2, 0.25) is 0 Å². The minimum Gasteiger partial charge on any atom is -0.481 e. The molecule has 0 aromatic carbocycles. The fourth-order valence-corrected chi connectivity index (χ4v) is 12.0. The number of fused-ring (bicyclic) bond motifs is 7. The average molecular weight is 664 g/mol. The third kappa shape index (κ3) is 5.75. The maximum absolute atomic E-state index is 12.9. The van der Waals surface area contributed by atoms with Crippen LogP contribution >= 0.6 is 0 Å². The number of hydrogen-bond donors (Lipinski definition) is 3. The Morgan fingerprint density at radius 3 is 2.24 bits per heavy atom. The van der Waals surface area contributed by atoms with E-state index in [9.17, 15) is 27.9 Å². The first kappa shape index (κ1) is 35.4. The summed E-state index contributed by atoms with van der Waals surface area (Å²) in [7, 11) is -4.16. The standard InChI is InChI=1S/C36H57NO8S/c1-31(2)16-18-36(30(40)41)19-17-34(6)23(24(36)22-31)8-9-26-33(5)14-13-27(32(3,4)25(33)12-15-35(26,34)7)45-29(39)11-10-28(38)37-20-21-46(42,43)44/h8,24-27H,9-22H2,1-7H3,(H,37,38)(H,40,41)(H,42,43,44)/t24-,25-,26+,27-,33-,34+,35+,36-/m0/s1. The number of carboxylic acids is 1. The summed E-state index contributed by atoms with van der Waals surface area (Å²) in [6.45, 7) is 16.3. The molecule has 5 aliphatic carbocycles. The van der Waals surface area contributed by atoms with Gasteiger partial charge in [-0.3, -0.25) is 18.9 Å². The van der Waals surface area contributed by atoms with Gasteiger partial charge >= 0.3 is 11.9 Å². The number of nitrogens with one attached hydrogen (secondary N) is 1. The number of carbonyl (C=O) groups excluding carboxylic acids is 2. The molecule has 0 bridgehead atoms. The van der Waals surface area contributed by atoms with Gasteiger partial charge in [0.25, 0.3) is 10.1 Å². The molecule has 0 heterocycles. The summed E-state index contributed by atoms with van der Waals surface area (Å²) in [5, 5.41) is 13.0. The molecular formula is C36H57NO8S. The normalized spacial score (nSPS) is 41.0. The molecule has 260 valence electrons. The van der Waals surface area contributed by atoms with Gasteiger partial charge in [0, 0.05) is 18.4 Å². The Morgan fingerprint density at radius 2 is 1.59 bits per heavy atom. The SMILES string of the molecule is CC1(C)CC[C@]2(C(=O)O)CC[C@]3(C)C(=CC[C@@H]4[C@@]5(C)CC[C@H](OC(=O)CCC(=O)NCCS(=O)(=O)O)C(C)(C)[C@@H]5CC[C@]43C)[C@@H]2C1. The first-order valence-corrected chi connectivity index (χ1v) is 19.1. The molecule has 0 saturated heterocycles. The lowest BCUT2D eigenvalue weighted by Crippen LogP contribution is -2.65. The zero-order valence-corrected chi connectivity index (χ0v) is 29.9. The van der Waals surface area contributed by atoms with Gasteiger partial charge in [0.15, 0.2) is 0 Å². The molecule has 0 aromatic heterocycles. The monoisotopic (exact) mass is 663 g/mol. The number of carbonyl (C=O) groups is 3. The van der Waals surface area contributed by atoms with Crippen molar-refractivity contribution in [2.75, 3.05) is 12.3 Å². The molecule has 46 heavy (non-hydrogen) atoms. The minimum absolute atomic E-state index is 0.0453. The Kier molecular flexibility index (Phi) is 8.91. The topological polar surface area (TPSA) is 147 Å². The van der Waals surface area contributed by atoms with Crippen LogP contribution in [0.5, 0.6) is 0 Å². The first-order chi connectivity index (χ1) is 21.1. The highest BCUT2D eigenvalue weighted by Gasteiger charge is 2.69. The number of esters is 1. The van der Waals surface area contributed by atoms with E-state index in [4.69, 9.17) is 9.29 Å². The number of ether oxygens (including phenoxy) is 1. The fourth-order valence-electron chi connectivity index (χ4n) is 11.7. The Hall–Kier alpha value is -1.94. The number of carboxylic acid groups (broad SMARTS) is 1. The predicted octanol–water partition coefficient (Wildman–Crippen LogP) is 6.57. The highest BCUT2D eigenvalue weighted by atomic mass is 32.2. The van der Waals surface area contributed by atoms with Crippen LogP contribution in [0.1, 0.15) is 126 Å². The van der Waals surface area contributed by atoms with Gasteiger partial charge in [-0.1, -0.05) is 60.1 Å². The van der Waals surface area contributed by atoms with Crippen molar-refractivity contribution in [3.8, 4) is 0 Å². The summed E-state index contributed by atoms with van der Waals surface area (Å²) in [6.07, 6.45) is 11.1. The van der Waals surface area contributed by atoms with Crippen molar-refractivity contribution in [3.05, 3.63) is 11.6 Å². The molecule has 8 atom stereocenters. The van der Waals surface area contributed by atoms with Crippen LogP contribution in [-0.2, 0) is 29.2 Å². The fraction of sp³-hybridized carbons (Fsp3) is 0.861. The number of allylic oxidation sites excluding steroid dienone is 2. The molecule has 0 aromatic rings. The smallest absolute Gasteiger partial charge is 0.310 e. The van der Waals surface area contributed by atoms with Crippen LogP contribution in [0.3, 0.4) is 0 Å². The Morgan fingerprint density at radius 1 is 0.913 bits per heavy atom. The second kappa shape index (κ2) is 11.6. The quantitative estimate of drug-likeness (QED) is 0.150. The van der Waals surface area contributed by atoms with Crippen molar-refractivity contribution in [2.24, 2.45) is 50.2 Å². The molecule has 0 spiro atoms. The Balaban J connectivity index is 1.32. The zero-order valence-electron chi connectivity index (χ0n) is 29.0. The number of aliphatic carboxylic acids is 1. The van der Waals surface area contributed by atoms with Gasteiger partial charge in [-0.15, -0.1) is 0 Å². The largest absolute Gasteiger partial charge is 0.481 e. The Labute approximate surface area is 275 Å². The van der Waals surface area contributed by atoms with Crippen LogP contribution < -0.4 is 5.32 Å². The van der Waals surface area contributed by atoms with E-state index in [1.54, 1.807) is 0 Å². The first-order valence-electron chi connectivity index (χ1n) is 17.5. The molecular weight excluding hydrogens is 606 g/mol. The summed E-state index contributed by atoms with van der Waals surface area (Å²) in [5.41, 5.74) is 0.716. The van der Waals surface area contributed by atoms with Gasteiger partial charge in [0.05, 0.1) is 17.6 Å². The van der Waals surface area contributed by atoms with Crippen LogP contribution in [0.4, 0.5) is 0 Å². The maximum atomic E-state index is 12.9. The highest BCUT2D eigenvalue weighted by Crippen LogP contribution is 2.75. The van der Waals surface area contributed by atoms with Crippen LogP contribution in [0, 0.1) is 50.2 Å². The van der Waals surface area contributed by atoms with E-state index in [1.807, 2.05) is 0 Å². The maximum Gasteiger partial charge on any atom is 0.310 e. The average Bonchev–Trinajstić information content (AvgIpc) is 2.92. The molecule has 5 rings (SSSR count). The summed E-state index contributed by atoms with van der Waals surface area (Å²) in [6, 6.07) is 0. The second-order valence-corrected chi connectivity index (χ2v) is 19.2. The van der Waals surface area contributed by atoms with Crippen LogP contribution in [-0.4, -0.2) is 54.3 Å². The molecule has 3 N–H and O–H groups in total. The van der Waals surface area contributed by atoms with Crippen LogP contribution in [0.15, 0.2) is 11.6 Å². The van der Waals surface area contributed by atoms with Crippen molar-refractivity contribution in [1.29, 1.82) is 0 Å². The van der Waals surface area contributed by atoms with Crippen molar-refractivity contribution >= 4 is 28.0 Å². The molecule has 0 aliphatic heterocycles. The van der Waals surface area contributed by atoms with E-state index in [1.165, 1.54) is 5.57 Å². The van der Waals surface area contributed by atoms with Crippen molar-refractivity contribution in [1.82, 2.24) is 5.32 Å². The van der Waals surface area contributed by atoms with E-state index >= 15 is 0 Å². The molecule has 4 fully saturated rings. The van der Waals surface area contributed by atoms with E-state index in [0.717, 1.165) is 64.2 Å². The molecule has 9 nitrogen and oxygen atoms in total. The zero-order chi connectivity index (χ0) is 34.1. The molecule has 0 unspecified atom stereocenters. The lowest BCUT2D eigenvalue weighted by molar-refractivity contribution is -0.214. The van der Waals surface area contributed by atoms with Crippen molar-refractivity contribution < 1.29 is 37.2 Å². The van der Waals surface area contributed by atoms with E-state index in [-0.39, 0.29) is 58.5 Å². The van der Waals surface area contributed by atoms with E-state index in [2.05, 4.69) is 59.9 Å². The number of hydrogen-bond acceptors (Lipinski definition) is 6. The van der Waals surface area contributed by atoms with E-state index in [0.29, 0.717) is 11.8 Å². The number of rotatable bonds is 8.